The third-order valence-corrected chi connectivity index (χ3v) is 4.00. The van der Waals surface area contributed by atoms with E-state index in [0.717, 1.165) is 29.5 Å². The summed E-state index contributed by atoms with van der Waals surface area (Å²) in [6, 6.07) is 7.61. The molecular weight excluding hydrogens is 210 g/mol. The Morgan fingerprint density at radius 3 is 2.80 bits per heavy atom. The lowest BCUT2D eigenvalue weighted by atomic mass is 10.0. The van der Waals surface area contributed by atoms with Crippen molar-refractivity contribution in [2.45, 2.75) is 12.8 Å². The summed E-state index contributed by atoms with van der Waals surface area (Å²) in [6.07, 6.45) is 1.81. The third-order valence-electron chi connectivity index (χ3n) is 2.59. The molecule has 15 heavy (non-hydrogen) atoms. The van der Waals surface area contributed by atoms with Crippen molar-refractivity contribution in [3.8, 4) is 0 Å². The molecule has 1 aromatic carbocycles. The molecule has 0 saturated carbocycles. The average molecular weight is 223 g/mol. The molecule has 0 saturated heterocycles. The minimum Gasteiger partial charge on any atom is -0.267 e. The van der Waals surface area contributed by atoms with Crippen LogP contribution in [0.2, 0.25) is 0 Å². The van der Waals surface area contributed by atoms with Crippen LogP contribution in [0, 0.1) is 0 Å². The van der Waals surface area contributed by atoms with Gasteiger partial charge in [0.1, 0.15) is 0 Å². The molecule has 0 atom stereocenters. The van der Waals surface area contributed by atoms with Crippen LogP contribution in [0.4, 0.5) is 5.69 Å². The first kappa shape index (κ1) is 10.2. The van der Waals surface area contributed by atoms with E-state index >= 15 is 0 Å². The molecular formula is C11H13NO2S. The molecule has 1 heterocycles. The van der Waals surface area contributed by atoms with Crippen molar-refractivity contribution >= 4 is 15.7 Å². The SMILES string of the molecule is C=CS(=O)(=O)N1CCCc2ccccc21. The molecule has 0 radical (unpaired) electrons. The van der Waals surface area contributed by atoms with Gasteiger partial charge in [0.05, 0.1) is 5.69 Å². The van der Waals surface area contributed by atoms with E-state index in [4.69, 9.17) is 0 Å². The van der Waals surface area contributed by atoms with Crippen molar-refractivity contribution in [3.05, 3.63) is 41.8 Å². The first-order valence-corrected chi connectivity index (χ1v) is 6.38. The number of anilines is 1. The van der Waals surface area contributed by atoms with Gasteiger partial charge in [-0.1, -0.05) is 24.8 Å². The molecule has 1 aliphatic heterocycles. The van der Waals surface area contributed by atoms with Crippen molar-refractivity contribution in [1.29, 1.82) is 0 Å². The summed E-state index contributed by atoms with van der Waals surface area (Å²) in [4.78, 5) is 0. The molecule has 0 amide bonds. The first-order valence-electron chi connectivity index (χ1n) is 4.88. The predicted octanol–water partition coefficient (Wildman–Crippen LogP) is 1.91. The minimum atomic E-state index is -3.34. The zero-order chi connectivity index (χ0) is 10.9. The van der Waals surface area contributed by atoms with Gasteiger partial charge in [0.15, 0.2) is 0 Å². The van der Waals surface area contributed by atoms with Gasteiger partial charge < -0.3 is 0 Å². The van der Waals surface area contributed by atoms with E-state index in [1.807, 2.05) is 24.3 Å². The number of sulfonamides is 1. The number of hydrogen-bond donors (Lipinski definition) is 0. The van der Waals surface area contributed by atoms with Crippen LogP contribution in [0.1, 0.15) is 12.0 Å². The second-order valence-electron chi connectivity index (χ2n) is 3.52. The maximum absolute atomic E-state index is 11.7. The average Bonchev–Trinajstić information content (AvgIpc) is 2.28. The number of rotatable bonds is 2. The minimum absolute atomic E-state index is 0.547. The van der Waals surface area contributed by atoms with Crippen LogP contribution in [0.5, 0.6) is 0 Å². The molecule has 80 valence electrons. The lowest BCUT2D eigenvalue weighted by Gasteiger charge is -2.29. The van der Waals surface area contributed by atoms with Gasteiger partial charge in [0.2, 0.25) is 0 Å². The summed E-state index contributed by atoms with van der Waals surface area (Å²) in [5.41, 5.74) is 1.89. The first-order chi connectivity index (χ1) is 7.15. The van der Waals surface area contributed by atoms with Crippen LogP contribution >= 0.6 is 0 Å². The predicted molar refractivity (Wildman–Crippen MR) is 61.2 cm³/mol. The molecule has 0 spiro atoms. The standard InChI is InChI=1S/C11H13NO2S/c1-2-15(13,14)12-9-5-7-10-6-3-4-8-11(10)12/h2-4,6,8H,1,5,7,9H2. The molecule has 1 aromatic rings. The lowest BCUT2D eigenvalue weighted by Crippen LogP contribution is -2.33. The molecule has 3 nitrogen and oxygen atoms in total. The van der Waals surface area contributed by atoms with E-state index in [1.54, 1.807) is 0 Å². The summed E-state index contributed by atoms with van der Waals surface area (Å²) in [7, 11) is -3.34. The van der Waals surface area contributed by atoms with Crippen LogP contribution in [0.3, 0.4) is 0 Å². The summed E-state index contributed by atoms with van der Waals surface area (Å²) in [5.74, 6) is 0. The van der Waals surface area contributed by atoms with Gasteiger partial charge in [0, 0.05) is 12.0 Å². The molecule has 0 N–H and O–H groups in total. The second kappa shape index (κ2) is 3.70. The third kappa shape index (κ3) is 1.77. The van der Waals surface area contributed by atoms with Gasteiger partial charge in [-0.2, -0.15) is 0 Å². The Labute approximate surface area is 90.1 Å². The smallest absolute Gasteiger partial charge is 0.256 e. The van der Waals surface area contributed by atoms with E-state index < -0.39 is 10.0 Å². The van der Waals surface area contributed by atoms with Gasteiger partial charge in [-0.05, 0) is 24.5 Å². The Morgan fingerprint density at radius 2 is 2.07 bits per heavy atom. The Bertz CT molecular complexity index is 479. The highest BCUT2D eigenvalue weighted by atomic mass is 32.2. The topological polar surface area (TPSA) is 37.4 Å². The summed E-state index contributed by atoms with van der Waals surface area (Å²) < 4.78 is 24.9. The zero-order valence-corrected chi connectivity index (χ0v) is 9.20. The van der Waals surface area contributed by atoms with Gasteiger partial charge in [-0.3, -0.25) is 4.31 Å². The molecule has 1 aliphatic rings. The van der Waals surface area contributed by atoms with Crippen LogP contribution in [-0.2, 0) is 16.4 Å². The van der Waals surface area contributed by atoms with Crippen LogP contribution in [0.15, 0.2) is 36.3 Å². The van der Waals surface area contributed by atoms with E-state index in [9.17, 15) is 8.42 Å². The Kier molecular flexibility index (Phi) is 2.52. The number of fused-ring (bicyclic) bond motifs is 1. The van der Waals surface area contributed by atoms with Gasteiger partial charge >= 0.3 is 0 Å². The van der Waals surface area contributed by atoms with Gasteiger partial charge in [0.25, 0.3) is 10.0 Å². The van der Waals surface area contributed by atoms with Crippen molar-refractivity contribution in [2.75, 3.05) is 10.8 Å². The fraction of sp³-hybridized carbons (Fsp3) is 0.273. The fourth-order valence-electron chi connectivity index (χ4n) is 1.85. The highest BCUT2D eigenvalue weighted by Crippen LogP contribution is 2.29. The molecule has 0 aliphatic carbocycles. The van der Waals surface area contributed by atoms with Crippen molar-refractivity contribution in [2.24, 2.45) is 0 Å². The van der Waals surface area contributed by atoms with E-state index in [2.05, 4.69) is 6.58 Å². The normalized spacial score (nSPS) is 15.9. The number of benzene rings is 1. The molecule has 0 aromatic heterocycles. The number of hydrogen-bond acceptors (Lipinski definition) is 2. The molecule has 0 unspecified atom stereocenters. The maximum Gasteiger partial charge on any atom is 0.256 e. The van der Waals surface area contributed by atoms with E-state index in [-0.39, 0.29) is 0 Å². The lowest BCUT2D eigenvalue weighted by molar-refractivity contribution is 0.595. The molecule has 2 rings (SSSR count). The monoisotopic (exact) mass is 223 g/mol. The number of aryl methyl sites for hydroxylation is 1. The molecule has 0 fully saturated rings. The zero-order valence-electron chi connectivity index (χ0n) is 8.39. The Balaban J connectivity index is 2.51. The largest absolute Gasteiger partial charge is 0.267 e. The van der Waals surface area contributed by atoms with Crippen LogP contribution in [-0.4, -0.2) is 15.0 Å². The van der Waals surface area contributed by atoms with Crippen LogP contribution in [0.25, 0.3) is 0 Å². The molecule has 0 bridgehead atoms. The summed E-state index contributed by atoms with van der Waals surface area (Å²) in [6.45, 7) is 3.90. The number of nitrogens with zero attached hydrogens (tertiary/aromatic N) is 1. The van der Waals surface area contributed by atoms with Gasteiger partial charge in [-0.25, -0.2) is 8.42 Å². The quantitative estimate of drug-likeness (QED) is 0.768. The summed E-state index contributed by atoms with van der Waals surface area (Å²) >= 11 is 0. The van der Waals surface area contributed by atoms with Crippen LogP contribution < -0.4 is 4.31 Å². The Morgan fingerprint density at radius 1 is 1.33 bits per heavy atom. The van der Waals surface area contributed by atoms with Crippen molar-refractivity contribution in [3.63, 3.8) is 0 Å². The molecule has 4 heteroatoms. The second-order valence-corrected chi connectivity index (χ2v) is 5.32. The fourth-order valence-corrected chi connectivity index (χ4v) is 2.87. The van der Waals surface area contributed by atoms with E-state index in [0.29, 0.717) is 6.54 Å². The highest BCUT2D eigenvalue weighted by molar-refractivity contribution is 7.95. The highest BCUT2D eigenvalue weighted by Gasteiger charge is 2.24. The van der Waals surface area contributed by atoms with Crippen molar-refractivity contribution in [1.82, 2.24) is 0 Å². The maximum atomic E-state index is 11.7. The number of para-hydroxylation sites is 1. The van der Waals surface area contributed by atoms with E-state index in [1.165, 1.54) is 4.31 Å². The van der Waals surface area contributed by atoms with Crippen molar-refractivity contribution < 1.29 is 8.42 Å². The van der Waals surface area contributed by atoms with Gasteiger partial charge in [-0.15, -0.1) is 0 Å². The Hall–Kier alpha value is -1.29. The summed E-state index contributed by atoms with van der Waals surface area (Å²) in [5, 5.41) is 1.01.